The number of carbonyl (C=O) groups excluding carboxylic acids is 2. The number of methoxy groups -OCH3 is 1. The summed E-state index contributed by atoms with van der Waals surface area (Å²) in [7, 11) is 1.59. The van der Waals surface area contributed by atoms with Crippen molar-refractivity contribution in [3.63, 3.8) is 0 Å². The number of carbonyl (C=O) groups is 2. The number of hydrogen-bond acceptors (Lipinski definition) is 6. The summed E-state index contributed by atoms with van der Waals surface area (Å²) in [6, 6.07) is 12.8. The molecule has 0 radical (unpaired) electrons. The number of amides is 1. The van der Waals surface area contributed by atoms with Gasteiger partial charge in [-0.3, -0.25) is 9.59 Å². The second-order valence-corrected chi connectivity index (χ2v) is 7.65. The third-order valence-electron chi connectivity index (χ3n) is 4.00. The Labute approximate surface area is 170 Å². The fourth-order valence-corrected chi connectivity index (χ4v) is 4.18. The predicted octanol–water partition coefficient (Wildman–Crippen LogP) is 3.74. The summed E-state index contributed by atoms with van der Waals surface area (Å²) >= 11 is 2.89. The number of hydrogen-bond donors (Lipinski definition) is 0. The number of fused-ring (bicyclic) bond motifs is 1. The van der Waals surface area contributed by atoms with Gasteiger partial charge < -0.3 is 14.0 Å². The second-order valence-electron chi connectivity index (χ2n) is 5.76. The van der Waals surface area contributed by atoms with Crippen LogP contribution in [0.1, 0.15) is 17.3 Å². The highest BCUT2D eigenvalue weighted by molar-refractivity contribution is 7.98. The van der Waals surface area contributed by atoms with Crippen LogP contribution in [0.3, 0.4) is 0 Å². The van der Waals surface area contributed by atoms with Crippen molar-refractivity contribution in [3.05, 3.63) is 52.8 Å². The Morgan fingerprint density at radius 3 is 2.75 bits per heavy atom. The van der Waals surface area contributed by atoms with Gasteiger partial charge >= 0.3 is 5.97 Å². The molecule has 3 aromatic rings. The summed E-state index contributed by atoms with van der Waals surface area (Å²) in [6.45, 7) is 2.03. The van der Waals surface area contributed by atoms with E-state index in [0.29, 0.717) is 22.7 Å². The predicted molar refractivity (Wildman–Crippen MR) is 111 cm³/mol. The topological polar surface area (TPSA) is 69.9 Å². The number of nitrogens with zero attached hydrogens (tertiary/aromatic N) is 2. The molecule has 0 N–H and O–H groups in total. The van der Waals surface area contributed by atoms with Crippen LogP contribution in [0.15, 0.2) is 52.4 Å². The van der Waals surface area contributed by atoms with Crippen LogP contribution in [-0.4, -0.2) is 36.4 Å². The molecule has 0 unspecified atom stereocenters. The third kappa shape index (κ3) is 4.45. The molecule has 8 heteroatoms. The first-order valence-electron chi connectivity index (χ1n) is 8.61. The Bertz CT molecular complexity index is 1090. The van der Waals surface area contributed by atoms with Crippen molar-refractivity contribution in [1.29, 1.82) is 0 Å². The molecular formula is C20H20N2O4S2. The van der Waals surface area contributed by atoms with Crippen LogP contribution in [0, 0.1) is 0 Å². The number of thiazole rings is 1. The van der Waals surface area contributed by atoms with Gasteiger partial charge in [-0.15, -0.1) is 11.8 Å². The first kappa shape index (κ1) is 20.2. The summed E-state index contributed by atoms with van der Waals surface area (Å²) in [6.07, 6.45) is 1.95. The smallest absolute Gasteiger partial charge is 0.326 e. The first-order chi connectivity index (χ1) is 13.5. The molecule has 0 saturated carbocycles. The summed E-state index contributed by atoms with van der Waals surface area (Å²) in [5.41, 5.74) is 1.30. The van der Waals surface area contributed by atoms with Crippen molar-refractivity contribution in [2.24, 2.45) is 4.99 Å². The summed E-state index contributed by atoms with van der Waals surface area (Å²) in [4.78, 5) is 30.5. The highest BCUT2D eigenvalue weighted by Crippen LogP contribution is 2.23. The minimum absolute atomic E-state index is 0.0167. The maximum Gasteiger partial charge on any atom is 0.326 e. The molecule has 0 aliphatic heterocycles. The van der Waals surface area contributed by atoms with E-state index in [0.717, 1.165) is 15.1 Å². The lowest BCUT2D eigenvalue weighted by Crippen LogP contribution is -2.23. The molecule has 0 saturated heterocycles. The van der Waals surface area contributed by atoms with E-state index in [4.69, 9.17) is 9.47 Å². The zero-order valence-corrected chi connectivity index (χ0v) is 17.4. The number of aromatic nitrogens is 1. The van der Waals surface area contributed by atoms with Crippen molar-refractivity contribution >= 4 is 45.2 Å². The average Bonchev–Trinajstić information content (AvgIpc) is 3.04. The standard InChI is InChI=1S/C20H20N2O4S2/c1-4-26-18(23)12-22-16-9-8-14(25-2)11-17(16)28-20(22)21-19(24)13-6-5-7-15(10-13)27-3/h5-11H,4,12H2,1-3H3. The van der Waals surface area contributed by atoms with Gasteiger partial charge in [0.2, 0.25) is 0 Å². The van der Waals surface area contributed by atoms with Crippen LogP contribution < -0.4 is 9.54 Å². The quantitative estimate of drug-likeness (QED) is 0.452. The minimum atomic E-state index is -0.378. The molecular weight excluding hydrogens is 396 g/mol. The molecule has 0 aliphatic rings. The van der Waals surface area contributed by atoms with E-state index in [1.807, 2.05) is 42.7 Å². The maximum absolute atomic E-state index is 12.7. The van der Waals surface area contributed by atoms with Crippen molar-refractivity contribution in [2.45, 2.75) is 18.4 Å². The molecule has 1 amide bonds. The Hall–Kier alpha value is -2.58. The molecule has 28 heavy (non-hydrogen) atoms. The normalized spacial score (nSPS) is 11.6. The molecule has 0 spiro atoms. The second kappa shape index (κ2) is 9.07. The Balaban J connectivity index is 2.10. The SMILES string of the molecule is CCOC(=O)Cn1c(=NC(=O)c2cccc(SC)c2)sc2cc(OC)ccc21. The van der Waals surface area contributed by atoms with Crippen LogP contribution in [0.25, 0.3) is 10.2 Å². The maximum atomic E-state index is 12.7. The molecule has 1 heterocycles. The number of ether oxygens (including phenoxy) is 2. The minimum Gasteiger partial charge on any atom is -0.497 e. The number of esters is 1. The Kier molecular flexibility index (Phi) is 6.53. The van der Waals surface area contributed by atoms with Gasteiger partial charge in [0.05, 0.1) is 23.9 Å². The van der Waals surface area contributed by atoms with E-state index in [1.54, 1.807) is 36.4 Å². The van der Waals surface area contributed by atoms with Crippen molar-refractivity contribution in [3.8, 4) is 5.75 Å². The van der Waals surface area contributed by atoms with E-state index < -0.39 is 0 Å². The molecule has 0 bridgehead atoms. The molecule has 3 rings (SSSR count). The molecule has 0 fully saturated rings. The lowest BCUT2D eigenvalue weighted by molar-refractivity contribution is -0.143. The molecule has 0 aliphatic carbocycles. The van der Waals surface area contributed by atoms with Gasteiger partial charge in [0.1, 0.15) is 12.3 Å². The van der Waals surface area contributed by atoms with E-state index in [9.17, 15) is 9.59 Å². The van der Waals surface area contributed by atoms with Gasteiger partial charge in [-0.05, 0) is 49.6 Å². The van der Waals surface area contributed by atoms with Crippen LogP contribution >= 0.6 is 23.1 Å². The van der Waals surface area contributed by atoms with E-state index >= 15 is 0 Å². The van der Waals surface area contributed by atoms with Gasteiger partial charge in [0.15, 0.2) is 4.80 Å². The van der Waals surface area contributed by atoms with Gasteiger partial charge in [-0.2, -0.15) is 4.99 Å². The van der Waals surface area contributed by atoms with Crippen LogP contribution in [0.5, 0.6) is 5.75 Å². The number of benzene rings is 2. The summed E-state index contributed by atoms with van der Waals surface area (Å²) in [5, 5.41) is 0. The highest BCUT2D eigenvalue weighted by atomic mass is 32.2. The van der Waals surface area contributed by atoms with Crippen molar-refractivity contribution < 1.29 is 19.1 Å². The molecule has 0 atom stereocenters. The van der Waals surface area contributed by atoms with Gasteiger partial charge in [0, 0.05) is 10.5 Å². The zero-order chi connectivity index (χ0) is 20.1. The average molecular weight is 417 g/mol. The monoisotopic (exact) mass is 416 g/mol. The van der Waals surface area contributed by atoms with E-state index in [1.165, 1.54) is 11.3 Å². The van der Waals surface area contributed by atoms with Crippen molar-refractivity contribution in [2.75, 3.05) is 20.0 Å². The van der Waals surface area contributed by atoms with E-state index in [-0.39, 0.29) is 18.4 Å². The van der Waals surface area contributed by atoms with Crippen molar-refractivity contribution in [1.82, 2.24) is 4.57 Å². The van der Waals surface area contributed by atoms with Crippen LogP contribution in [0.2, 0.25) is 0 Å². The number of thioether (sulfide) groups is 1. The summed E-state index contributed by atoms with van der Waals surface area (Å²) in [5.74, 6) is -0.0362. The third-order valence-corrected chi connectivity index (χ3v) is 5.76. The lowest BCUT2D eigenvalue weighted by atomic mass is 10.2. The lowest BCUT2D eigenvalue weighted by Gasteiger charge is -2.06. The van der Waals surface area contributed by atoms with Gasteiger partial charge in [0.25, 0.3) is 5.91 Å². The highest BCUT2D eigenvalue weighted by Gasteiger charge is 2.14. The fourth-order valence-electron chi connectivity index (χ4n) is 2.66. The van der Waals surface area contributed by atoms with Crippen LogP contribution in [0.4, 0.5) is 0 Å². The van der Waals surface area contributed by atoms with Gasteiger partial charge in [-0.1, -0.05) is 17.4 Å². The zero-order valence-electron chi connectivity index (χ0n) is 15.8. The Morgan fingerprint density at radius 1 is 1.21 bits per heavy atom. The Morgan fingerprint density at radius 2 is 2.04 bits per heavy atom. The molecule has 2 aromatic carbocycles. The molecule has 146 valence electrons. The summed E-state index contributed by atoms with van der Waals surface area (Å²) < 4.78 is 12.9. The van der Waals surface area contributed by atoms with E-state index in [2.05, 4.69) is 4.99 Å². The first-order valence-corrected chi connectivity index (χ1v) is 10.7. The molecule has 6 nitrogen and oxygen atoms in total. The van der Waals surface area contributed by atoms with Gasteiger partial charge in [-0.25, -0.2) is 0 Å². The fraction of sp³-hybridized carbons (Fsp3) is 0.250. The van der Waals surface area contributed by atoms with Crippen LogP contribution in [-0.2, 0) is 16.1 Å². The number of rotatable bonds is 6. The largest absolute Gasteiger partial charge is 0.497 e. The molecule has 1 aromatic heterocycles.